The lowest BCUT2D eigenvalue weighted by Gasteiger charge is -2.14. The molecule has 4 heteroatoms. The Hall–Kier alpha value is -1.55. The zero-order valence-corrected chi connectivity index (χ0v) is 14.5. The van der Waals surface area contributed by atoms with Crippen LogP contribution in [0.1, 0.15) is 44.2 Å². The number of rotatable bonds is 9. The average molecular weight is 305 g/mol. The number of ether oxygens (including phenoxy) is 1. The fraction of sp³-hybridized carbons (Fsp3) is 0.611. The van der Waals surface area contributed by atoms with Gasteiger partial charge in [-0.25, -0.2) is 0 Å². The molecule has 0 bridgehead atoms. The summed E-state index contributed by atoms with van der Waals surface area (Å²) in [5, 5.41) is 6.65. The van der Waals surface area contributed by atoms with Crippen LogP contribution in [0, 0.1) is 6.92 Å². The molecule has 0 aromatic heterocycles. The molecule has 0 saturated heterocycles. The van der Waals surface area contributed by atoms with Crippen molar-refractivity contribution < 1.29 is 4.74 Å². The van der Waals surface area contributed by atoms with Crippen molar-refractivity contribution in [2.75, 3.05) is 32.8 Å². The number of guanidine groups is 1. The van der Waals surface area contributed by atoms with Gasteiger partial charge in [-0.15, -0.1) is 0 Å². The molecule has 0 radical (unpaired) electrons. The van der Waals surface area contributed by atoms with E-state index in [1.54, 1.807) is 0 Å². The van der Waals surface area contributed by atoms with Crippen LogP contribution in [0.3, 0.4) is 0 Å². The lowest BCUT2D eigenvalue weighted by Crippen LogP contribution is -2.38. The Morgan fingerprint density at radius 1 is 1.27 bits per heavy atom. The van der Waals surface area contributed by atoms with Crippen LogP contribution in [0.25, 0.3) is 0 Å². The highest BCUT2D eigenvalue weighted by atomic mass is 16.5. The van der Waals surface area contributed by atoms with Gasteiger partial charge in [-0.2, -0.15) is 0 Å². The molecule has 1 rings (SSSR count). The van der Waals surface area contributed by atoms with E-state index in [1.165, 1.54) is 11.1 Å². The van der Waals surface area contributed by atoms with E-state index in [9.17, 15) is 0 Å². The maximum Gasteiger partial charge on any atom is 0.191 e. The first-order valence-corrected chi connectivity index (χ1v) is 8.33. The second kappa shape index (κ2) is 11.1. The summed E-state index contributed by atoms with van der Waals surface area (Å²) >= 11 is 0. The largest absolute Gasteiger partial charge is 0.382 e. The van der Waals surface area contributed by atoms with Gasteiger partial charge in [0.15, 0.2) is 5.96 Å². The van der Waals surface area contributed by atoms with Gasteiger partial charge in [0.05, 0.1) is 0 Å². The molecule has 0 aliphatic carbocycles. The van der Waals surface area contributed by atoms with Crippen molar-refractivity contribution in [1.29, 1.82) is 0 Å². The van der Waals surface area contributed by atoms with Crippen LogP contribution in [-0.4, -0.2) is 38.8 Å². The molecule has 1 aromatic carbocycles. The summed E-state index contributed by atoms with van der Waals surface area (Å²) in [5.41, 5.74) is 2.64. The molecule has 0 aliphatic rings. The van der Waals surface area contributed by atoms with Crippen LogP contribution in [0.5, 0.6) is 0 Å². The minimum atomic E-state index is 0.416. The summed E-state index contributed by atoms with van der Waals surface area (Å²) in [6.07, 6.45) is 0.992. The number of hydrogen-bond acceptors (Lipinski definition) is 2. The Morgan fingerprint density at radius 2 is 2.09 bits per heavy atom. The second-order valence-corrected chi connectivity index (χ2v) is 5.51. The summed E-state index contributed by atoms with van der Waals surface area (Å²) in [4.78, 5) is 4.69. The van der Waals surface area contributed by atoms with Crippen LogP contribution in [0.4, 0.5) is 0 Å². The normalized spacial score (nSPS) is 13.0. The highest BCUT2D eigenvalue weighted by Gasteiger charge is 2.05. The standard InChI is InChI=1S/C18H31N3O/c1-5-19-18(20-11-8-12-22-6-2)21-14-16(4)17-10-7-9-15(3)13-17/h7,9-10,13,16H,5-6,8,11-12,14H2,1-4H3,(H2,19,20,21). The Balaban J connectivity index is 2.46. The first-order valence-electron chi connectivity index (χ1n) is 8.33. The monoisotopic (exact) mass is 305 g/mol. The maximum absolute atomic E-state index is 5.34. The third-order valence-corrected chi connectivity index (χ3v) is 3.44. The number of aliphatic imine (C=N–C) groups is 1. The highest BCUT2D eigenvalue weighted by Crippen LogP contribution is 2.16. The Bertz CT molecular complexity index is 446. The Kier molecular flexibility index (Phi) is 9.31. The Morgan fingerprint density at radius 3 is 2.77 bits per heavy atom. The van der Waals surface area contributed by atoms with Gasteiger partial charge < -0.3 is 15.4 Å². The fourth-order valence-corrected chi connectivity index (χ4v) is 2.18. The van der Waals surface area contributed by atoms with Gasteiger partial charge in [0.1, 0.15) is 0 Å². The first kappa shape index (κ1) is 18.5. The molecule has 0 heterocycles. The molecule has 4 nitrogen and oxygen atoms in total. The van der Waals surface area contributed by atoms with E-state index in [0.717, 1.165) is 45.2 Å². The molecule has 1 aromatic rings. The van der Waals surface area contributed by atoms with Crippen molar-refractivity contribution in [3.05, 3.63) is 35.4 Å². The van der Waals surface area contributed by atoms with Gasteiger partial charge in [-0.3, -0.25) is 4.99 Å². The number of benzene rings is 1. The minimum Gasteiger partial charge on any atom is -0.382 e. The third-order valence-electron chi connectivity index (χ3n) is 3.44. The van der Waals surface area contributed by atoms with Crippen molar-refractivity contribution in [1.82, 2.24) is 10.6 Å². The molecule has 0 aliphatic heterocycles. The minimum absolute atomic E-state index is 0.416. The molecule has 1 unspecified atom stereocenters. The lowest BCUT2D eigenvalue weighted by molar-refractivity contribution is 0.145. The van der Waals surface area contributed by atoms with Gasteiger partial charge in [-0.05, 0) is 32.8 Å². The maximum atomic E-state index is 5.34. The number of hydrogen-bond donors (Lipinski definition) is 2. The van der Waals surface area contributed by atoms with Crippen molar-refractivity contribution in [2.45, 2.75) is 40.0 Å². The van der Waals surface area contributed by atoms with E-state index in [-0.39, 0.29) is 0 Å². The molecule has 0 spiro atoms. The van der Waals surface area contributed by atoms with Crippen LogP contribution in [0.15, 0.2) is 29.3 Å². The number of nitrogens with one attached hydrogen (secondary N) is 2. The van der Waals surface area contributed by atoms with Gasteiger partial charge in [-0.1, -0.05) is 36.8 Å². The number of nitrogens with zero attached hydrogens (tertiary/aromatic N) is 1. The van der Waals surface area contributed by atoms with Crippen LogP contribution >= 0.6 is 0 Å². The molecule has 2 N–H and O–H groups in total. The van der Waals surface area contributed by atoms with Crippen LogP contribution in [0.2, 0.25) is 0 Å². The topological polar surface area (TPSA) is 45.7 Å². The van der Waals surface area contributed by atoms with Gasteiger partial charge in [0.25, 0.3) is 0 Å². The summed E-state index contributed by atoms with van der Waals surface area (Å²) in [7, 11) is 0. The van der Waals surface area contributed by atoms with Crippen molar-refractivity contribution >= 4 is 5.96 Å². The molecule has 0 amide bonds. The van der Waals surface area contributed by atoms with E-state index >= 15 is 0 Å². The van der Waals surface area contributed by atoms with E-state index in [1.807, 2.05) is 6.92 Å². The van der Waals surface area contributed by atoms with E-state index in [4.69, 9.17) is 9.73 Å². The average Bonchev–Trinajstić information content (AvgIpc) is 2.52. The zero-order valence-electron chi connectivity index (χ0n) is 14.5. The summed E-state index contributed by atoms with van der Waals surface area (Å²) in [6.45, 7) is 12.6. The predicted molar refractivity (Wildman–Crippen MR) is 94.7 cm³/mol. The van der Waals surface area contributed by atoms with Gasteiger partial charge in [0.2, 0.25) is 0 Å². The highest BCUT2D eigenvalue weighted by molar-refractivity contribution is 5.79. The summed E-state index contributed by atoms with van der Waals surface area (Å²) in [5.74, 6) is 1.30. The van der Waals surface area contributed by atoms with Crippen molar-refractivity contribution in [3.63, 3.8) is 0 Å². The lowest BCUT2D eigenvalue weighted by atomic mass is 10.00. The second-order valence-electron chi connectivity index (χ2n) is 5.51. The first-order chi connectivity index (χ1) is 10.7. The molecule has 0 saturated carbocycles. The number of aryl methyl sites for hydroxylation is 1. The van der Waals surface area contributed by atoms with Gasteiger partial charge in [0, 0.05) is 38.8 Å². The predicted octanol–water partition coefficient (Wildman–Crippen LogP) is 3.08. The molecule has 1 atom stereocenters. The summed E-state index contributed by atoms with van der Waals surface area (Å²) in [6, 6.07) is 8.66. The van der Waals surface area contributed by atoms with Crippen molar-refractivity contribution in [2.24, 2.45) is 4.99 Å². The van der Waals surface area contributed by atoms with Crippen molar-refractivity contribution in [3.8, 4) is 0 Å². The quantitative estimate of drug-likeness (QED) is 0.419. The van der Waals surface area contributed by atoms with E-state index in [0.29, 0.717) is 5.92 Å². The summed E-state index contributed by atoms with van der Waals surface area (Å²) < 4.78 is 5.34. The molecular formula is C18H31N3O. The Labute approximate surface area is 135 Å². The molecule has 124 valence electrons. The zero-order chi connectivity index (χ0) is 16.2. The molecular weight excluding hydrogens is 274 g/mol. The van der Waals surface area contributed by atoms with Gasteiger partial charge >= 0.3 is 0 Å². The smallest absolute Gasteiger partial charge is 0.191 e. The van der Waals surface area contributed by atoms with E-state index < -0.39 is 0 Å². The van der Waals surface area contributed by atoms with Crippen LogP contribution in [-0.2, 0) is 4.74 Å². The van der Waals surface area contributed by atoms with E-state index in [2.05, 4.69) is 55.7 Å². The molecule has 22 heavy (non-hydrogen) atoms. The molecule has 0 fully saturated rings. The third kappa shape index (κ3) is 7.46. The fourth-order valence-electron chi connectivity index (χ4n) is 2.18. The van der Waals surface area contributed by atoms with Crippen LogP contribution < -0.4 is 10.6 Å². The SMILES string of the molecule is CCNC(=NCC(C)c1cccc(C)c1)NCCCOCC.